The molecule has 0 saturated carbocycles. The summed E-state index contributed by atoms with van der Waals surface area (Å²) in [6.45, 7) is 5.41. The summed E-state index contributed by atoms with van der Waals surface area (Å²) in [5.41, 5.74) is 1.38. The molecule has 2 rings (SSSR count). The van der Waals surface area contributed by atoms with Crippen LogP contribution < -0.4 is 5.32 Å². The van der Waals surface area contributed by atoms with Gasteiger partial charge in [-0.15, -0.1) is 11.3 Å². The van der Waals surface area contributed by atoms with Crippen LogP contribution in [0.1, 0.15) is 48.3 Å². The normalized spacial score (nSPS) is 17.0. The molecule has 1 aliphatic carbocycles. The van der Waals surface area contributed by atoms with Crippen molar-refractivity contribution in [3.8, 4) is 0 Å². The van der Waals surface area contributed by atoms with E-state index in [9.17, 15) is 0 Å². The Hall–Kier alpha value is -0.410. The molecule has 1 aromatic heterocycles. The Morgan fingerprint density at radius 2 is 2.29 bits per heavy atom. The average molecular weight is 210 g/mol. The van der Waals surface area contributed by atoms with Gasteiger partial charge in [0.15, 0.2) is 0 Å². The summed E-state index contributed by atoms with van der Waals surface area (Å²) in [6, 6.07) is 0.482. The minimum atomic E-state index is 0.482. The first-order valence-corrected chi connectivity index (χ1v) is 6.38. The standard InChI is InChI=1S/C11H18N2S/c1-3-8(12-4-2)11-13-9-6-5-7-10(9)14-11/h8,12H,3-7H2,1-2H3. The Labute approximate surface area is 89.8 Å². The van der Waals surface area contributed by atoms with Gasteiger partial charge in [0.2, 0.25) is 0 Å². The molecule has 0 saturated heterocycles. The van der Waals surface area contributed by atoms with Gasteiger partial charge >= 0.3 is 0 Å². The molecule has 0 aliphatic heterocycles. The maximum atomic E-state index is 4.74. The fourth-order valence-corrected chi connectivity index (χ4v) is 3.32. The smallest absolute Gasteiger partial charge is 0.110 e. The van der Waals surface area contributed by atoms with Crippen molar-refractivity contribution in [2.45, 2.75) is 45.6 Å². The van der Waals surface area contributed by atoms with Gasteiger partial charge in [-0.1, -0.05) is 13.8 Å². The van der Waals surface area contributed by atoms with Crippen molar-refractivity contribution < 1.29 is 0 Å². The van der Waals surface area contributed by atoms with Crippen LogP contribution in [0.5, 0.6) is 0 Å². The van der Waals surface area contributed by atoms with E-state index >= 15 is 0 Å². The molecule has 1 unspecified atom stereocenters. The number of nitrogens with zero attached hydrogens (tertiary/aromatic N) is 1. The van der Waals surface area contributed by atoms with E-state index < -0.39 is 0 Å². The number of fused-ring (bicyclic) bond motifs is 1. The van der Waals surface area contributed by atoms with E-state index in [1.807, 2.05) is 11.3 Å². The van der Waals surface area contributed by atoms with Gasteiger partial charge in [-0.2, -0.15) is 0 Å². The van der Waals surface area contributed by atoms with Crippen molar-refractivity contribution >= 4 is 11.3 Å². The molecule has 14 heavy (non-hydrogen) atoms. The summed E-state index contributed by atoms with van der Waals surface area (Å²) in [6.07, 6.45) is 4.91. The highest BCUT2D eigenvalue weighted by Crippen LogP contribution is 2.31. The van der Waals surface area contributed by atoms with Crippen LogP contribution in [0.15, 0.2) is 0 Å². The maximum absolute atomic E-state index is 4.74. The van der Waals surface area contributed by atoms with Crippen LogP contribution >= 0.6 is 11.3 Å². The van der Waals surface area contributed by atoms with Crippen LogP contribution in [0, 0.1) is 0 Å². The monoisotopic (exact) mass is 210 g/mol. The fourth-order valence-electron chi connectivity index (χ4n) is 2.01. The lowest BCUT2D eigenvalue weighted by molar-refractivity contribution is 0.533. The molecule has 78 valence electrons. The number of hydrogen-bond donors (Lipinski definition) is 1. The number of aryl methyl sites for hydroxylation is 2. The van der Waals surface area contributed by atoms with Crippen LogP contribution in [0.25, 0.3) is 0 Å². The molecular formula is C11H18N2S. The molecule has 0 bridgehead atoms. The average Bonchev–Trinajstić information content (AvgIpc) is 2.73. The molecule has 1 aromatic rings. The third-order valence-corrected chi connectivity index (χ3v) is 4.04. The number of rotatable bonds is 4. The Morgan fingerprint density at radius 1 is 1.43 bits per heavy atom. The lowest BCUT2D eigenvalue weighted by atomic mass is 10.2. The van der Waals surface area contributed by atoms with Crippen molar-refractivity contribution in [3.05, 3.63) is 15.6 Å². The Morgan fingerprint density at radius 3 is 2.93 bits per heavy atom. The van der Waals surface area contributed by atoms with E-state index in [-0.39, 0.29) is 0 Å². The summed E-state index contributed by atoms with van der Waals surface area (Å²) in [5.74, 6) is 0. The van der Waals surface area contributed by atoms with E-state index in [0.717, 1.165) is 13.0 Å². The van der Waals surface area contributed by atoms with Gasteiger partial charge in [0, 0.05) is 4.88 Å². The molecule has 0 spiro atoms. The zero-order valence-corrected chi connectivity index (χ0v) is 9.78. The van der Waals surface area contributed by atoms with Crippen LogP contribution in [-0.2, 0) is 12.8 Å². The van der Waals surface area contributed by atoms with E-state index in [1.165, 1.54) is 34.8 Å². The van der Waals surface area contributed by atoms with Crippen LogP contribution in [0.3, 0.4) is 0 Å². The van der Waals surface area contributed by atoms with Crippen molar-refractivity contribution in [3.63, 3.8) is 0 Å². The number of nitrogens with one attached hydrogen (secondary N) is 1. The zero-order chi connectivity index (χ0) is 9.97. The predicted octanol–water partition coefficient (Wildman–Crippen LogP) is 2.69. The minimum Gasteiger partial charge on any atom is -0.308 e. The van der Waals surface area contributed by atoms with Gasteiger partial charge in [-0.3, -0.25) is 0 Å². The predicted molar refractivity (Wildman–Crippen MR) is 60.8 cm³/mol. The van der Waals surface area contributed by atoms with E-state index in [2.05, 4.69) is 19.2 Å². The highest BCUT2D eigenvalue weighted by Gasteiger charge is 2.20. The minimum absolute atomic E-state index is 0.482. The lowest BCUT2D eigenvalue weighted by Crippen LogP contribution is -2.19. The topological polar surface area (TPSA) is 24.9 Å². The van der Waals surface area contributed by atoms with Crippen molar-refractivity contribution in [2.75, 3.05) is 6.54 Å². The summed E-state index contributed by atoms with van der Waals surface area (Å²) >= 11 is 1.92. The van der Waals surface area contributed by atoms with E-state index in [4.69, 9.17) is 4.98 Å². The Kier molecular flexibility index (Phi) is 3.19. The van der Waals surface area contributed by atoms with Gasteiger partial charge in [0.05, 0.1) is 11.7 Å². The summed E-state index contributed by atoms with van der Waals surface area (Å²) < 4.78 is 0. The number of hydrogen-bond acceptors (Lipinski definition) is 3. The van der Waals surface area contributed by atoms with Crippen LogP contribution in [0.4, 0.5) is 0 Å². The quantitative estimate of drug-likeness (QED) is 0.826. The summed E-state index contributed by atoms with van der Waals surface area (Å²) in [7, 11) is 0. The lowest BCUT2D eigenvalue weighted by Gasteiger charge is -2.12. The van der Waals surface area contributed by atoms with Crippen molar-refractivity contribution in [1.82, 2.24) is 10.3 Å². The molecule has 3 heteroatoms. The van der Waals surface area contributed by atoms with E-state index in [1.54, 1.807) is 0 Å². The molecule has 2 nitrogen and oxygen atoms in total. The second kappa shape index (κ2) is 4.41. The summed E-state index contributed by atoms with van der Waals surface area (Å²) in [4.78, 5) is 6.27. The largest absolute Gasteiger partial charge is 0.308 e. The van der Waals surface area contributed by atoms with Gasteiger partial charge in [-0.25, -0.2) is 4.98 Å². The molecule has 1 heterocycles. The molecule has 1 N–H and O–H groups in total. The number of thiazole rings is 1. The van der Waals surface area contributed by atoms with Gasteiger partial charge in [0.1, 0.15) is 5.01 Å². The third-order valence-electron chi connectivity index (χ3n) is 2.77. The molecule has 0 aromatic carbocycles. The molecule has 0 radical (unpaired) electrons. The molecule has 0 fully saturated rings. The fraction of sp³-hybridized carbons (Fsp3) is 0.727. The molecule has 1 atom stereocenters. The first-order valence-electron chi connectivity index (χ1n) is 5.57. The Balaban J connectivity index is 2.14. The van der Waals surface area contributed by atoms with Gasteiger partial charge in [-0.05, 0) is 32.2 Å². The van der Waals surface area contributed by atoms with Crippen molar-refractivity contribution in [2.24, 2.45) is 0 Å². The zero-order valence-electron chi connectivity index (χ0n) is 8.97. The second-order valence-corrected chi connectivity index (χ2v) is 4.91. The Bertz CT molecular complexity index is 285. The maximum Gasteiger partial charge on any atom is 0.110 e. The van der Waals surface area contributed by atoms with Crippen LogP contribution in [0.2, 0.25) is 0 Å². The third kappa shape index (κ3) is 1.84. The van der Waals surface area contributed by atoms with Crippen LogP contribution in [-0.4, -0.2) is 11.5 Å². The first kappa shape index (κ1) is 10.1. The highest BCUT2D eigenvalue weighted by atomic mass is 32.1. The molecule has 0 amide bonds. The molecule has 1 aliphatic rings. The van der Waals surface area contributed by atoms with Gasteiger partial charge in [0.25, 0.3) is 0 Å². The summed E-state index contributed by atoms with van der Waals surface area (Å²) in [5, 5.41) is 4.79. The van der Waals surface area contributed by atoms with Gasteiger partial charge < -0.3 is 5.32 Å². The SMILES string of the molecule is CCNC(CC)c1nc2c(s1)CCC2. The first-order chi connectivity index (χ1) is 6.85. The number of aromatic nitrogens is 1. The molecular weight excluding hydrogens is 192 g/mol. The second-order valence-electron chi connectivity index (χ2n) is 3.79. The van der Waals surface area contributed by atoms with Crippen molar-refractivity contribution in [1.29, 1.82) is 0 Å². The highest BCUT2D eigenvalue weighted by molar-refractivity contribution is 7.11. The van der Waals surface area contributed by atoms with E-state index in [0.29, 0.717) is 6.04 Å².